The summed E-state index contributed by atoms with van der Waals surface area (Å²) in [6, 6.07) is 9.48. The van der Waals surface area contributed by atoms with Crippen LogP contribution in [0.25, 0.3) is 22.2 Å². The molecule has 0 radical (unpaired) electrons. The fourth-order valence-corrected chi connectivity index (χ4v) is 5.76. The molecule has 196 valence electrons. The van der Waals surface area contributed by atoms with Crippen LogP contribution in [-0.4, -0.2) is 46.2 Å². The predicted octanol–water partition coefficient (Wildman–Crippen LogP) is 0.262. The summed E-state index contributed by atoms with van der Waals surface area (Å²) in [6.45, 7) is 1.51. The Kier molecular flexibility index (Phi) is 9.80. The van der Waals surface area contributed by atoms with E-state index in [2.05, 4.69) is 30.6 Å². The van der Waals surface area contributed by atoms with Crippen molar-refractivity contribution < 1.29 is 8.49 Å². The summed E-state index contributed by atoms with van der Waals surface area (Å²) in [6.07, 6.45) is 2.12. The van der Waals surface area contributed by atoms with Crippen LogP contribution in [0.5, 0.6) is 0 Å². The van der Waals surface area contributed by atoms with Gasteiger partial charge < -0.3 is 21.8 Å². The molecule has 1 saturated heterocycles. The van der Waals surface area contributed by atoms with E-state index in [1.54, 1.807) is 17.4 Å². The van der Waals surface area contributed by atoms with Crippen LogP contribution in [0.4, 0.5) is 11.6 Å². The molecule has 2 aromatic carbocycles. The van der Waals surface area contributed by atoms with Crippen LogP contribution >= 0.6 is 25.7 Å². The highest BCUT2D eigenvalue weighted by Crippen LogP contribution is 2.39. The van der Waals surface area contributed by atoms with E-state index < -0.39 is 11.0 Å². The number of anilines is 2. The minimum atomic E-state index is -1.58. The first-order chi connectivity index (χ1) is 16.9. The van der Waals surface area contributed by atoms with Crippen molar-refractivity contribution in [3.05, 3.63) is 35.9 Å². The third-order valence-corrected chi connectivity index (χ3v) is 7.35. The van der Waals surface area contributed by atoms with Crippen molar-refractivity contribution in [3.63, 3.8) is 0 Å². The minimum absolute atomic E-state index is 0. The number of hydrogen-bond donors (Lipinski definition) is 8. The smallest absolute Gasteiger partial charge is 0.198 e. The SMILES string of the molecule is CN(SON)c1c(S(=O)NCC2CCCN2)ccc(-c2cccc3[nH]c(N)nc23)c1/C(N)=N/NN.S. The number of hydrazone groups is 1. The molecule has 0 bridgehead atoms. The molecule has 1 fully saturated rings. The van der Waals surface area contributed by atoms with Crippen molar-refractivity contribution >= 4 is 65.2 Å². The van der Waals surface area contributed by atoms with Gasteiger partial charge in [-0.05, 0) is 37.1 Å². The molecule has 36 heavy (non-hydrogen) atoms. The Hall–Kier alpha value is -2.57. The maximum atomic E-state index is 13.4. The second-order valence-corrected chi connectivity index (χ2v) is 10.0. The summed E-state index contributed by atoms with van der Waals surface area (Å²) in [5, 5.41) is 7.40. The average molecular weight is 554 g/mol. The Morgan fingerprint density at radius 1 is 1.36 bits per heavy atom. The number of aromatic nitrogens is 2. The molecule has 1 aliphatic heterocycles. The molecule has 0 spiro atoms. The Bertz CT molecular complexity index is 1250. The number of para-hydroxylation sites is 1. The number of hydrazine groups is 1. The number of imidazole rings is 1. The van der Waals surface area contributed by atoms with Crippen molar-refractivity contribution in [2.24, 2.45) is 22.6 Å². The first-order valence-electron chi connectivity index (χ1n) is 10.8. The van der Waals surface area contributed by atoms with E-state index in [1.165, 1.54) is 0 Å². The lowest BCUT2D eigenvalue weighted by Crippen LogP contribution is -2.35. The molecule has 1 aliphatic rings. The summed E-state index contributed by atoms with van der Waals surface area (Å²) in [5.41, 5.74) is 18.3. The number of nitrogens with two attached hydrogens (primary N) is 4. The Morgan fingerprint density at radius 2 is 2.17 bits per heavy atom. The maximum Gasteiger partial charge on any atom is 0.198 e. The predicted molar refractivity (Wildman–Crippen MR) is 151 cm³/mol. The van der Waals surface area contributed by atoms with Crippen LogP contribution in [0.3, 0.4) is 0 Å². The van der Waals surface area contributed by atoms with Gasteiger partial charge in [0.25, 0.3) is 0 Å². The molecule has 2 unspecified atom stereocenters. The quantitative estimate of drug-likeness (QED) is 0.0426. The number of H-pyrrole nitrogens is 1. The fraction of sp³-hybridized carbons (Fsp3) is 0.300. The van der Waals surface area contributed by atoms with Gasteiger partial charge in [0.1, 0.15) is 23.2 Å². The summed E-state index contributed by atoms with van der Waals surface area (Å²) >= 11 is 0.853. The third-order valence-electron chi connectivity index (χ3n) is 5.70. The zero-order valence-corrected chi connectivity index (χ0v) is 22.2. The van der Waals surface area contributed by atoms with Gasteiger partial charge >= 0.3 is 0 Å². The largest absolute Gasteiger partial charge is 0.382 e. The van der Waals surface area contributed by atoms with Crippen LogP contribution < -0.4 is 43.1 Å². The molecule has 1 aromatic heterocycles. The van der Waals surface area contributed by atoms with Crippen molar-refractivity contribution in [2.75, 3.05) is 30.2 Å². The number of nitrogens with one attached hydrogen (secondary N) is 4. The number of aromatic amines is 1. The molecule has 3 aromatic rings. The van der Waals surface area contributed by atoms with Gasteiger partial charge in [-0.15, -0.1) is 5.10 Å². The number of rotatable bonds is 10. The van der Waals surface area contributed by atoms with Crippen LogP contribution in [0.2, 0.25) is 0 Å². The lowest BCUT2D eigenvalue weighted by atomic mass is 9.96. The highest BCUT2D eigenvalue weighted by molar-refractivity contribution is 7.96. The van der Waals surface area contributed by atoms with Gasteiger partial charge in [-0.25, -0.2) is 35.5 Å². The van der Waals surface area contributed by atoms with Crippen molar-refractivity contribution in [1.29, 1.82) is 0 Å². The minimum Gasteiger partial charge on any atom is -0.382 e. The third kappa shape index (κ3) is 5.87. The van der Waals surface area contributed by atoms with E-state index in [-0.39, 0.29) is 31.3 Å². The Morgan fingerprint density at radius 3 is 2.86 bits per heavy atom. The molecule has 0 aliphatic carbocycles. The summed E-state index contributed by atoms with van der Waals surface area (Å²) in [4.78, 5) is 7.94. The molecule has 13 nitrogen and oxygen atoms in total. The van der Waals surface area contributed by atoms with Crippen molar-refractivity contribution in [3.8, 4) is 11.1 Å². The zero-order valence-electron chi connectivity index (χ0n) is 19.6. The van der Waals surface area contributed by atoms with E-state index in [1.807, 2.05) is 24.3 Å². The normalized spacial score (nSPS) is 16.6. The van der Waals surface area contributed by atoms with Gasteiger partial charge in [-0.1, -0.05) is 18.2 Å². The average Bonchev–Trinajstić information content (AvgIpc) is 3.50. The van der Waals surface area contributed by atoms with Gasteiger partial charge in [0.15, 0.2) is 11.8 Å². The van der Waals surface area contributed by atoms with Gasteiger partial charge in [0.05, 0.1) is 27.2 Å². The molecule has 2 heterocycles. The van der Waals surface area contributed by atoms with E-state index in [9.17, 15) is 4.21 Å². The molecule has 0 saturated carbocycles. The van der Waals surface area contributed by atoms with Gasteiger partial charge in [0.2, 0.25) is 0 Å². The highest BCUT2D eigenvalue weighted by Gasteiger charge is 2.26. The zero-order chi connectivity index (χ0) is 24.9. The van der Waals surface area contributed by atoms with Crippen molar-refractivity contribution in [2.45, 2.75) is 23.8 Å². The number of hydrogen-bond acceptors (Lipinski definition) is 11. The number of benzene rings is 2. The van der Waals surface area contributed by atoms with Crippen LogP contribution in [0, 0.1) is 0 Å². The standard InChI is InChI=1S/C20H29N11O2S2.H2S/c1-31(34-33-24)18-15(35(32)26-10-11-4-3-9-25-11)8-7-12(16(18)19(21)29-30-23)13-5-2-6-14-17(13)28-20(22)27-14;/h2,5-8,11,25-26,30H,3-4,9-10,23-24H2,1H3,(H2,21,29)(H3,22,27,28);1H2. The Labute approximate surface area is 222 Å². The van der Waals surface area contributed by atoms with E-state index in [0.717, 1.165) is 42.7 Å². The monoisotopic (exact) mass is 553 g/mol. The molecular weight excluding hydrogens is 522 g/mol. The second kappa shape index (κ2) is 12.6. The molecular formula is C20H31N11O2S3. The first-order valence-corrected chi connectivity index (χ1v) is 12.7. The van der Waals surface area contributed by atoms with Crippen LogP contribution in [0.1, 0.15) is 18.4 Å². The van der Waals surface area contributed by atoms with E-state index in [0.29, 0.717) is 33.8 Å². The molecule has 4 rings (SSSR count). The maximum absolute atomic E-state index is 13.4. The summed E-state index contributed by atoms with van der Waals surface area (Å²) in [5.74, 6) is 11.2. The van der Waals surface area contributed by atoms with Gasteiger partial charge in [0, 0.05) is 25.2 Å². The molecule has 12 N–H and O–H groups in total. The number of nitrogens with zero attached hydrogens (tertiary/aromatic N) is 3. The Balaban J connectivity index is 0.00000361. The van der Waals surface area contributed by atoms with Gasteiger partial charge in [-0.2, -0.15) is 13.5 Å². The molecule has 16 heteroatoms. The molecule has 2 atom stereocenters. The van der Waals surface area contributed by atoms with E-state index in [4.69, 9.17) is 27.5 Å². The summed E-state index contributed by atoms with van der Waals surface area (Å²) in [7, 11) is 0.139. The number of fused-ring (bicyclic) bond motifs is 1. The van der Waals surface area contributed by atoms with Crippen LogP contribution in [0.15, 0.2) is 40.3 Å². The lowest BCUT2D eigenvalue weighted by molar-refractivity contribution is 0.397. The number of amidine groups is 1. The van der Waals surface area contributed by atoms with Crippen molar-refractivity contribution in [1.82, 2.24) is 25.5 Å². The van der Waals surface area contributed by atoms with Crippen LogP contribution in [-0.2, 0) is 15.3 Å². The first kappa shape index (κ1) is 28.0. The number of nitrogen functional groups attached to an aromatic ring is 1. The second-order valence-electron chi connectivity index (χ2n) is 7.86. The molecule has 0 amide bonds. The summed E-state index contributed by atoms with van der Waals surface area (Å²) < 4.78 is 23.0. The van der Waals surface area contributed by atoms with Gasteiger partial charge in [-0.3, -0.25) is 4.31 Å². The lowest BCUT2D eigenvalue weighted by Gasteiger charge is -2.25. The highest BCUT2D eigenvalue weighted by atomic mass is 32.2. The fourth-order valence-electron chi connectivity index (χ4n) is 4.20. The van der Waals surface area contributed by atoms with E-state index >= 15 is 0 Å². The topological polar surface area (TPSA) is 211 Å².